The van der Waals surface area contributed by atoms with E-state index < -0.39 is 11.5 Å². The first-order valence-corrected chi connectivity index (χ1v) is 12.8. The first kappa shape index (κ1) is 23.8. The molecule has 3 fully saturated rings. The Hall–Kier alpha value is -1.89. The van der Waals surface area contributed by atoms with Crippen molar-refractivity contribution >= 4 is 11.7 Å². The van der Waals surface area contributed by atoms with Crippen LogP contribution in [0.1, 0.15) is 57.1 Å². The zero-order valence-corrected chi connectivity index (χ0v) is 20.9. The van der Waals surface area contributed by atoms with Crippen LogP contribution in [0.5, 0.6) is 0 Å². The molecule has 1 aromatic rings. The van der Waals surface area contributed by atoms with Crippen LogP contribution in [0.4, 0.5) is 5.69 Å². The summed E-state index contributed by atoms with van der Waals surface area (Å²) in [6.07, 6.45) is 5.61. The maximum atomic E-state index is 12.7. The summed E-state index contributed by atoms with van der Waals surface area (Å²) in [6, 6.07) is 6.03. The van der Waals surface area contributed by atoms with Crippen LogP contribution in [0.3, 0.4) is 0 Å². The summed E-state index contributed by atoms with van der Waals surface area (Å²) in [4.78, 5) is 12.7. The van der Waals surface area contributed by atoms with E-state index in [1.165, 1.54) is 11.1 Å². The Kier molecular flexibility index (Phi) is 5.85. The number of nitrogens with one attached hydrogen (secondary N) is 1. The van der Waals surface area contributed by atoms with E-state index in [-0.39, 0.29) is 41.5 Å². The van der Waals surface area contributed by atoms with Crippen molar-refractivity contribution in [3.05, 3.63) is 41.0 Å². The van der Waals surface area contributed by atoms with Gasteiger partial charge in [0.1, 0.15) is 6.61 Å². The van der Waals surface area contributed by atoms with Gasteiger partial charge in [0.2, 0.25) is 0 Å². The van der Waals surface area contributed by atoms with Gasteiger partial charge >= 0.3 is 5.97 Å². The fraction of sp³-hybridized carbons (Fsp3) is 0.679. The van der Waals surface area contributed by atoms with Crippen LogP contribution in [0, 0.1) is 36.5 Å². The molecule has 2 heterocycles. The zero-order chi connectivity index (χ0) is 24.3. The Morgan fingerprint density at radius 3 is 2.62 bits per heavy atom. The van der Waals surface area contributed by atoms with E-state index in [1.807, 2.05) is 19.1 Å². The molecule has 4 aliphatic rings. The number of anilines is 1. The Balaban J connectivity index is 1.51. The van der Waals surface area contributed by atoms with Crippen molar-refractivity contribution in [1.82, 2.24) is 0 Å². The number of ether oxygens (including phenoxy) is 2. The first-order chi connectivity index (χ1) is 16.1. The van der Waals surface area contributed by atoms with Gasteiger partial charge in [0.25, 0.3) is 0 Å². The maximum Gasteiger partial charge on any atom is 0.336 e. The quantitative estimate of drug-likeness (QED) is 0.432. The van der Waals surface area contributed by atoms with Gasteiger partial charge in [-0.3, -0.25) is 0 Å². The van der Waals surface area contributed by atoms with Crippen LogP contribution in [0.2, 0.25) is 0 Å². The highest BCUT2D eigenvalue weighted by Gasteiger charge is 2.67. The van der Waals surface area contributed by atoms with Gasteiger partial charge in [-0.05, 0) is 86.5 Å². The van der Waals surface area contributed by atoms with E-state index in [0.717, 1.165) is 38.0 Å². The second kappa shape index (κ2) is 8.35. The second-order valence-electron chi connectivity index (χ2n) is 11.7. The molecule has 2 aliphatic heterocycles. The molecular formula is C28H39NO5. The fourth-order valence-corrected chi connectivity index (χ4v) is 7.57. The highest BCUT2D eigenvalue weighted by atomic mass is 16.6. The molecule has 0 bridgehead atoms. The predicted molar refractivity (Wildman–Crippen MR) is 130 cm³/mol. The molecule has 6 heteroatoms. The molecule has 2 saturated carbocycles. The molecule has 186 valence electrons. The number of aliphatic hydroxyl groups excluding tert-OH is 2. The van der Waals surface area contributed by atoms with Crippen LogP contribution in [-0.2, 0) is 14.3 Å². The minimum Gasteiger partial charge on any atom is -0.458 e. The molecule has 0 radical (unpaired) electrons. The second-order valence-corrected chi connectivity index (χ2v) is 11.7. The predicted octanol–water partition coefficient (Wildman–Crippen LogP) is 3.91. The summed E-state index contributed by atoms with van der Waals surface area (Å²) in [5.41, 5.74) is 3.32. The third kappa shape index (κ3) is 3.61. The Morgan fingerprint density at radius 1 is 1.21 bits per heavy atom. The molecule has 34 heavy (non-hydrogen) atoms. The van der Waals surface area contributed by atoms with Gasteiger partial charge in [-0.2, -0.15) is 0 Å². The van der Waals surface area contributed by atoms with Gasteiger partial charge in [-0.15, -0.1) is 0 Å². The number of carbonyl (C=O) groups excluding carboxylic acids is 1. The maximum absolute atomic E-state index is 12.7. The number of hydrogen-bond acceptors (Lipinski definition) is 6. The van der Waals surface area contributed by atoms with Crippen molar-refractivity contribution in [1.29, 1.82) is 0 Å². The number of esters is 1. The lowest BCUT2D eigenvalue weighted by atomic mass is 9.44. The fourth-order valence-electron chi connectivity index (χ4n) is 7.57. The normalized spacial score (nSPS) is 39.9. The largest absolute Gasteiger partial charge is 0.458 e. The van der Waals surface area contributed by atoms with E-state index in [4.69, 9.17) is 9.47 Å². The molecule has 2 aliphatic carbocycles. The number of benzene rings is 1. The molecule has 1 saturated heterocycles. The monoisotopic (exact) mass is 469 g/mol. The molecule has 3 unspecified atom stereocenters. The van der Waals surface area contributed by atoms with E-state index in [0.29, 0.717) is 18.6 Å². The van der Waals surface area contributed by atoms with Crippen molar-refractivity contribution in [3.63, 3.8) is 0 Å². The van der Waals surface area contributed by atoms with Crippen molar-refractivity contribution in [2.24, 2.45) is 22.7 Å². The summed E-state index contributed by atoms with van der Waals surface area (Å²) in [5, 5.41) is 25.0. The number of fused-ring (bicyclic) bond motifs is 1. The van der Waals surface area contributed by atoms with Gasteiger partial charge in [-0.25, -0.2) is 4.79 Å². The number of epoxide rings is 1. The minimum absolute atomic E-state index is 0.0172. The topological polar surface area (TPSA) is 91.3 Å². The molecule has 7 atom stereocenters. The summed E-state index contributed by atoms with van der Waals surface area (Å²) in [7, 11) is 0. The molecular weight excluding hydrogens is 430 g/mol. The Bertz CT molecular complexity index is 1000. The van der Waals surface area contributed by atoms with E-state index in [2.05, 4.69) is 38.2 Å². The van der Waals surface area contributed by atoms with Crippen LogP contribution in [0.25, 0.3) is 0 Å². The SMILES string of the molecule is Cc1cccc(NC(C[C@H]2[C@]3(CCC4[C@](C)(CO)C(O)CC[C@@]42C)CO3)C2=CCOC2=O)c1C. The Labute approximate surface area is 202 Å². The summed E-state index contributed by atoms with van der Waals surface area (Å²) >= 11 is 0. The van der Waals surface area contributed by atoms with Gasteiger partial charge in [0.15, 0.2) is 0 Å². The van der Waals surface area contributed by atoms with Crippen molar-refractivity contribution < 1.29 is 24.5 Å². The van der Waals surface area contributed by atoms with Crippen molar-refractivity contribution in [2.45, 2.75) is 77.5 Å². The molecule has 1 spiro atoms. The third-order valence-electron chi connectivity index (χ3n) is 9.99. The van der Waals surface area contributed by atoms with Crippen molar-refractivity contribution in [2.75, 3.05) is 25.1 Å². The smallest absolute Gasteiger partial charge is 0.336 e. The van der Waals surface area contributed by atoms with Gasteiger partial charge < -0.3 is 25.0 Å². The summed E-state index contributed by atoms with van der Waals surface area (Å²) < 4.78 is 11.5. The average Bonchev–Trinajstić information content (AvgIpc) is 3.46. The van der Waals surface area contributed by atoms with Gasteiger partial charge in [0.05, 0.1) is 36.5 Å². The number of aliphatic hydroxyl groups is 2. The lowest BCUT2D eigenvalue weighted by Gasteiger charge is -2.61. The number of rotatable bonds is 6. The number of aryl methyl sites for hydroxylation is 1. The third-order valence-corrected chi connectivity index (χ3v) is 9.99. The van der Waals surface area contributed by atoms with E-state index in [1.54, 1.807) is 0 Å². The van der Waals surface area contributed by atoms with Crippen LogP contribution in [0.15, 0.2) is 29.8 Å². The molecule has 5 rings (SSSR count). The molecule has 0 amide bonds. The lowest BCUT2D eigenvalue weighted by Crippen LogP contribution is -2.61. The average molecular weight is 470 g/mol. The highest BCUT2D eigenvalue weighted by molar-refractivity contribution is 5.92. The van der Waals surface area contributed by atoms with Crippen LogP contribution in [-0.4, -0.2) is 53.7 Å². The number of cyclic esters (lactones) is 1. The molecule has 6 nitrogen and oxygen atoms in total. The molecule has 3 N–H and O–H groups in total. The van der Waals surface area contributed by atoms with E-state index >= 15 is 0 Å². The number of hydrogen-bond donors (Lipinski definition) is 3. The molecule has 1 aromatic carbocycles. The van der Waals surface area contributed by atoms with Crippen LogP contribution < -0.4 is 5.32 Å². The highest BCUT2D eigenvalue weighted by Crippen LogP contribution is 2.66. The van der Waals surface area contributed by atoms with Crippen LogP contribution >= 0.6 is 0 Å². The zero-order valence-electron chi connectivity index (χ0n) is 20.9. The standard InChI is InChI=1S/C28H39NO5/c1-17-6-5-7-20(18(17)2)29-21(19-10-13-33-25(19)32)14-23-26(3)11-9-24(31)27(4,15-30)22(26)8-12-28(23)16-34-28/h5-7,10,21-24,29-31H,8-9,11-16H2,1-4H3/t21?,22?,23-,24?,26+,27+,28+/m1/s1. The molecule has 0 aromatic heterocycles. The van der Waals surface area contributed by atoms with Gasteiger partial charge in [-0.1, -0.05) is 26.0 Å². The first-order valence-electron chi connectivity index (χ1n) is 12.8. The summed E-state index contributed by atoms with van der Waals surface area (Å²) in [5.74, 6) is 0.152. The number of carbonyl (C=O) groups is 1. The van der Waals surface area contributed by atoms with Crippen molar-refractivity contribution in [3.8, 4) is 0 Å². The Morgan fingerprint density at radius 2 is 1.97 bits per heavy atom. The summed E-state index contributed by atoms with van der Waals surface area (Å²) in [6.45, 7) is 9.64. The van der Waals surface area contributed by atoms with Gasteiger partial charge in [0, 0.05) is 11.1 Å². The minimum atomic E-state index is -0.524. The van der Waals surface area contributed by atoms with E-state index in [9.17, 15) is 15.0 Å². The lowest BCUT2D eigenvalue weighted by molar-refractivity contribution is -0.177.